The Morgan fingerprint density at radius 1 is 1.17 bits per heavy atom. The van der Waals surface area contributed by atoms with Gasteiger partial charge in [-0.1, -0.05) is 48.6 Å². The van der Waals surface area contributed by atoms with E-state index in [0.717, 1.165) is 5.56 Å². The van der Waals surface area contributed by atoms with E-state index >= 15 is 0 Å². The lowest BCUT2D eigenvalue weighted by molar-refractivity contribution is 0.103. The van der Waals surface area contributed by atoms with Gasteiger partial charge in [-0.3, -0.25) is 4.79 Å². The Balaban J connectivity index is 2.44. The first-order chi connectivity index (χ1) is 8.76. The summed E-state index contributed by atoms with van der Waals surface area (Å²) in [6, 6.07) is 14.4. The molecule has 0 atom stereocenters. The Kier molecular flexibility index (Phi) is 3.85. The van der Waals surface area contributed by atoms with Crippen molar-refractivity contribution in [3.63, 3.8) is 0 Å². The van der Waals surface area contributed by atoms with Gasteiger partial charge in [0, 0.05) is 16.5 Å². The zero-order chi connectivity index (χ0) is 13.0. The molecule has 0 saturated carbocycles. The van der Waals surface area contributed by atoms with Crippen LogP contribution in [-0.4, -0.2) is 18.3 Å². The van der Waals surface area contributed by atoms with Crippen molar-refractivity contribution in [1.82, 2.24) is 0 Å². The molecule has 0 aliphatic heterocycles. The van der Waals surface area contributed by atoms with E-state index in [2.05, 4.69) is 0 Å². The van der Waals surface area contributed by atoms with Gasteiger partial charge in [0.05, 0.1) is 7.11 Å². The number of carbonyl (C=O) groups excluding carboxylic acids is 1. The van der Waals surface area contributed by atoms with Gasteiger partial charge in [-0.2, -0.15) is 0 Å². The van der Waals surface area contributed by atoms with Gasteiger partial charge in [-0.05, 0) is 17.7 Å². The van der Waals surface area contributed by atoms with Crippen LogP contribution in [0.3, 0.4) is 0 Å². The number of hydrogen-bond donors (Lipinski definition) is 0. The molecule has 2 rings (SSSR count). The number of ether oxygens (including phenoxy) is 1. The van der Waals surface area contributed by atoms with E-state index in [1.54, 1.807) is 31.4 Å². The van der Waals surface area contributed by atoms with Crippen LogP contribution in [0.25, 0.3) is 0 Å². The van der Waals surface area contributed by atoms with Crippen LogP contribution in [0, 0.1) is 0 Å². The molecular formula is C15H12O2S. The summed E-state index contributed by atoms with van der Waals surface area (Å²) in [6.07, 6.45) is 0. The van der Waals surface area contributed by atoms with Gasteiger partial charge in [0.25, 0.3) is 0 Å². The quantitative estimate of drug-likeness (QED) is 0.620. The van der Waals surface area contributed by atoms with Gasteiger partial charge in [-0.15, -0.1) is 0 Å². The molecule has 90 valence electrons. The highest BCUT2D eigenvalue weighted by Crippen LogP contribution is 2.18. The summed E-state index contributed by atoms with van der Waals surface area (Å²) < 4.78 is 5.12. The third-order valence-electron chi connectivity index (χ3n) is 2.66. The first-order valence-corrected chi connectivity index (χ1v) is 5.96. The topological polar surface area (TPSA) is 26.3 Å². The number of rotatable bonds is 4. The second-order valence-electron chi connectivity index (χ2n) is 3.77. The van der Waals surface area contributed by atoms with E-state index in [1.807, 2.05) is 24.3 Å². The number of carbonyl (C=O) groups is 1. The third-order valence-corrected chi connectivity index (χ3v) is 2.92. The molecule has 3 heteroatoms. The lowest BCUT2D eigenvalue weighted by atomic mass is 9.99. The van der Waals surface area contributed by atoms with Gasteiger partial charge in [-0.25, -0.2) is 0 Å². The highest BCUT2D eigenvalue weighted by Gasteiger charge is 2.12. The molecule has 0 aliphatic carbocycles. The van der Waals surface area contributed by atoms with E-state index in [9.17, 15) is 4.79 Å². The molecule has 0 aliphatic rings. The maximum Gasteiger partial charge on any atom is 0.193 e. The highest BCUT2D eigenvalue weighted by atomic mass is 32.1. The summed E-state index contributed by atoms with van der Waals surface area (Å²) in [7, 11) is 1.58. The van der Waals surface area contributed by atoms with Crippen LogP contribution in [0.4, 0.5) is 0 Å². The molecule has 0 amide bonds. The van der Waals surface area contributed by atoms with Gasteiger partial charge in [0.15, 0.2) is 5.78 Å². The Morgan fingerprint density at radius 2 is 1.94 bits per heavy atom. The van der Waals surface area contributed by atoms with E-state index in [4.69, 9.17) is 17.0 Å². The fraction of sp³-hybridized carbons (Fsp3) is 0.0667. The summed E-state index contributed by atoms with van der Waals surface area (Å²) in [5, 5.41) is 1.52. The summed E-state index contributed by atoms with van der Waals surface area (Å²) in [5.41, 5.74) is 1.97. The SMILES string of the molecule is COc1cccc(C(=O)c2ccccc2C=S)c1. The maximum atomic E-state index is 12.4. The first-order valence-electron chi connectivity index (χ1n) is 5.49. The Labute approximate surface area is 111 Å². The van der Waals surface area contributed by atoms with Crippen LogP contribution in [-0.2, 0) is 0 Å². The summed E-state index contributed by atoms with van der Waals surface area (Å²) in [5.74, 6) is 0.617. The number of methoxy groups -OCH3 is 1. The number of hydrogen-bond acceptors (Lipinski definition) is 3. The van der Waals surface area contributed by atoms with E-state index in [1.165, 1.54) is 5.37 Å². The molecule has 0 bridgehead atoms. The van der Waals surface area contributed by atoms with Crippen molar-refractivity contribution in [2.24, 2.45) is 0 Å². The minimum absolute atomic E-state index is 0.0504. The van der Waals surface area contributed by atoms with Crippen molar-refractivity contribution in [2.45, 2.75) is 0 Å². The molecule has 0 radical (unpaired) electrons. The molecule has 0 N–H and O–H groups in total. The molecule has 18 heavy (non-hydrogen) atoms. The van der Waals surface area contributed by atoms with Crippen LogP contribution in [0.1, 0.15) is 21.5 Å². The van der Waals surface area contributed by atoms with Gasteiger partial charge in [0.2, 0.25) is 0 Å². The summed E-state index contributed by atoms with van der Waals surface area (Å²) >= 11 is 4.92. The van der Waals surface area contributed by atoms with Gasteiger partial charge in [0.1, 0.15) is 5.75 Å². The third kappa shape index (κ3) is 2.46. The first kappa shape index (κ1) is 12.5. The van der Waals surface area contributed by atoms with E-state index in [-0.39, 0.29) is 5.78 Å². The lowest BCUT2D eigenvalue weighted by Gasteiger charge is -2.06. The summed E-state index contributed by atoms with van der Waals surface area (Å²) in [4.78, 5) is 12.4. The maximum absolute atomic E-state index is 12.4. The predicted octanol–water partition coefficient (Wildman–Crippen LogP) is 3.27. The van der Waals surface area contributed by atoms with Crippen molar-refractivity contribution in [1.29, 1.82) is 0 Å². The number of ketones is 1. The van der Waals surface area contributed by atoms with E-state index < -0.39 is 0 Å². The number of thiocarbonyl (C=S) groups is 1. The van der Waals surface area contributed by atoms with Crippen LogP contribution >= 0.6 is 12.2 Å². The Hall–Kier alpha value is -2.00. The molecule has 0 heterocycles. The molecule has 2 aromatic carbocycles. The molecule has 0 fully saturated rings. The Bertz CT molecular complexity index is 591. The molecule has 2 nitrogen and oxygen atoms in total. The van der Waals surface area contributed by atoms with Crippen molar-refractivity contribution in [2.75, 3.05) is 7.11 Å². The van der Waals surface area contributed by atoms with Crippen LogP contribution in [0.5, 0.6) is 5.75 Å². The standard InChI is InChI=1S/C15H12O2S/c1-17-13-7-4-6-11(9-13)15(16)14-8-3-2-5-12(14)10-18/h2-10H,1H3. The average molecular weight is 256 g/mol. The fourth-order valence-electron chi connectivity index (χ4n) is 1.73. The molecule has 0 saturated heterocycles. The van der Waals surface area contributed by atoms with Crippen LogP contribution in [0.15, 0.2) is 48.5 Å². The lowest BCUT2D eigenvalue weighted by Crippen LogP contribution is -2.04. The van der Waals surface area contributed by atoms with Crippen LogP contribution in [0.2, 0.25) is 0 Å². The molecule has 0 spiro atoms. The van der Waals surface area contributed by atoms with E-state index in [0.29, 0.717) is 16.9 Å². The molecule has 2 aromatic rings. The largest absolute Gasteiger partial charge is 0.497 e. The molecule has 0 aromatic heterocycles. The minimum Gasteiger partial charge on any atom is -0.497 e. The molecular weight excluding hydrogens is 244 g/mol. The second kappa shape index (κ2) is 5.56. The normalized spacial score (nSPS) is 9.83. The minimum atomic E-state index is -0.0504. The average Bonchev–Trinajstić information content (AvgIpc) is 2.46. The summed E-state index contributed by atoms with van der Waals surface area (Å²) in [6.45, 7) is 0. The fourth-order valence-corrected chi connectivity index (χ4v) is 1.93. The monoisotopic (exact) mass is 256 g/mol. The van der Waals surface area contributed by atoms with Crippen molar-refractivity contribution in [3.05, 3.63) is 65.2 Å². The van der Waals surface area contributed by atoms with Crippen LogP contribution < -0.4 is 4.74 Å². The van der Waals surface area contributed by atoms with Crippen molar-refractivity contribution >= 4 is 23.4 Å². The predicted molar refractivity (Wildman–Crippen MR) is 75.6 cm³/mol. The van der Waals surface area contributed by atoms with Crippen molar-refractivity contribution in [3.8, 4) is 5.75 Å². The molecule has 0 unspecified atom stereocenters. The number of benzene rings is 2. The zero-order valence-electron chi connectivity index (χ0n) is 9.92. The Morgan fingerprint density at radius 3 is 2.67 bits per heavy atom. The zero-order valence-corrected chi connectivity index (χ0v) is 10.7. The van der Waals surface area contributed by atoms with Gasteiger partial charge < -0.3 is 4.74 Å². The smallest absolute Gasteiger partial charge is 0.193 e. The second-order valence-corrected chi connectivity index (χ2v) is 4.00. The highest BCUT2D eigenvalue weighted by molar-refractivity contribution is 7.79. The van der Waals surface area contributed by atoms with Crippen molar-refractivity contribution < 1.29 is 9.53 Å². The van der Waals surface area contributed by atoms with Gasteiger partial charge >= 0.3 is 0 Å².